The van der Waals surface area contributed by atoms with Crippen molar-refractivity contribution in [2.45, 2.75) is 39.2 Å². The number of nitrogens with zero attached hydrogens (tertiary/aromatic N) is 2. The van der Waals surface area contributed by atoms with Crippen LogP contribution in [0.5, 0.6) is 0 Å². The van der Waals surface area contributed by atoms with Crippen molar-refractivity contribution in [1.82, 2.24) is 9.80 Å². The molecular formula is C14H24N2O3. The van der Waals surface area contributed by atoms with Gasteiger partial charge in [0.05, 0.1) is 5.92 Å². The van der Waals surface area contributed by atoms with Gasteiger partial charge < -0.3 is 10.0 Å². The monoisotopic (exact) mass is 268 g/mol. The summed E-state index contributed by atoms with van der Waals surface area (Å²) < 4.78 is 0. The molecule has 1 N–H and O–H groups in total. The summed E-state index contributed by atoms with van der Waals surface area (Å²) in [6, 6.07) is 0.485. The van der Waals surface area contributed by atoms with E-state index in [0.29, 0.717) is 6.04 Å². The van der Waals surface area contributed by atoms with E-state index in [1.54, 1.807) is 13.8 Å². The Bertz CT molecular complexity index is 359. The Morgan fingerprint density at radius 2 is 1.79 bits per heavy atom. The first-order valence-electron chi connectivity index (χ1n) is 7.26. The van der Waals surface area contributed by atoms with Gasteiger partial charge in [-0.05, 0) is 25.8 Å². The first-order valence-corrected chi connectivity index (χ1v) is 7.26. The minimum absolute atomic E-state index is 0.00338. The number of carboxylic acid groups (broad SMARTS) is 1. The third kappa shape index (κ3) is 3.08. The molecule has 0 saturated carbocycles. The van der Waals surface area contributed by atoms with Crippen molar-refractivity contribution in [3.63, 3.8) is 0 Å². The fourth-order valence-electron chi connectivity index (χ4n) is 3.12. The molecule has 19 heavy (non-hydrogen) atoms. The molecule has 2 saturated heterocycles. The quantitative estimate of drug-likeness (QED) is 0.831. The van der Waals surface area contributed by atoms with Crippen molar-refractivity contribution in [2.75, 3.05) is 26.2 Å². The predicted molar refractivity (Wildman–Crippen MR) is 71.8 cm³/mol. The van der Waals surface area contributed by atoms with Crippen LogP contribution in [0.15, 0.2) is 0 Å². The molecule has 2 rings (SSSR count). The second-order valence-corrected chi connectivity index (χ2v) is 5.89. The number of carbonyl (C=O) groups excluding carboxylic acids is 1. The van der Waals surface area contributed by atoms with Crippen LogP contribution in [0.1, 0.15) is 33.1 Å². The van der Waals surface area contributed by atoms with E-state index in [4.69, 9.17) is 5.11 Å². The maximum absolute atomic E-state index is 12.4. The number of carboxylic acids is 1. The van der Waals surface area contributed by atoms with Gasteiger partial charge in [-0.25, -0.2) is 0 Å². The molecule has 3 atom stereocenters. The fraction of sp³-hybridized carbons (Fsp3) is 0.857. The molecule has 2 aliphatic heterocycles. The maximum atomic E-state index is 12.4. The molecule has 5 nitrogen and oxygen atoms in total. The van der Waals surface area contributed by atoms with E-state index in [0.717, 1.165) is 39.0 Å². The Kier molecular flexibility index (Phi) is 4.45. The van der Waals surface area contributed by atoms with E-state index in [2.05, 4.69) is 4.90 Å². The molecule has 2 fully saturated rings. The second-order valence-electron chi connectivity index (χ2n) is 5.89. The van der Waals surface area contributed by atoms with Gasteiger partial charge in [0.15, 0.2) is 0 Å². The number of carbonyl (C=O) groups is 2. The van der Waals surface area contributed by atoms with Crippen LogP contribution in [0.2, 0.25) is 0 Å². The molecule has 3 unspecified atom stereocenters. The van der Waals surface area contributed by atoms with Gasteiger partial charge in [0, 0.05) is 31.6 Å². The molecular weight excluding hydrogens is 244 g/mol. The van der Waals surface area contributed by atoms with E-state index in [9.17, 15) is 9.59 Å². The first kappa shape index (κ1) is 14.3. The highest BCUT2D eigenvalue weighted by Gasteiger charge is 2.34. The van der Waals surface area contributed by atoms with E-state index in [1.807, 2.05) is 4.90 Å². The number of amides is 1. The van der Waals surface area contributed by atoms with Gasteiger partial charge in [-0.1, -0.05) is 13.8 Å². The Morgan fingerprint density at radius 1 is 1.11 bits per heavy atom. The number of hydrogen-bond acceptors (Lipinski definition) is 3. The average Bonchev–Trinajstić information content (AvgIpc) is 2.73. The Labute approximate surface area is 114 Å². The van der Waals surface area contributed by atoms with Crippen molar-refractivity contribution >= 4 is 11.9 Å². The Hall–Kier alpha value is -1.10. The number of fused-ring (bicyclic) bond motifs is 1. The third-order valence-corrected chi connectivity index (χ3v) is 4.64. The van der Waals surface area contributed by atoms with Gasteiger partial charge in [0.2, 0.25) is 5.91 Å². The molecule has 0 aromatic rings. The lowest BCUT2D eigenvalue weighted by Gasteiger charge is -2.28. The van der Waals surface area contributed by atoms with Crippen LogP contribution in [-0.2, 0) is 9.59 Å². The van der Waals surface area contributed by atoms with Crippen molar-refractivity contribution in [3.8, 4) is 0 Å². The largest absolute Gasteiger partial charge is 0.481 e. The lowest BCUT2D eigenvalue weighted by atomic mass is 9.94. The fourth-order valence-corrected chi connectivity index (χ4v) is 3.12. The third-order valence-electron chi connectivity index (χ3n) is 4.64. The second kappa shape index (κ2) is 5.90. The molecule has 2 heterocycles. The van der Waals surface area contributed by atoms with Gasteiger partial charge >= 0.3 is 5.97 Å². The maximum Gasteiger partial charge on any atom is 0.307 e. The minimum atomic E-state index is -0.891. The molecule has 0 aliphatic carbocycles. The molecule has 1 amide bonds. The van der Waals surface area contributed by atoms with Crippen LogP contribution in [0.4, 0.5) is 0 Å². The summed E-state index contributed by atoms with van der Waals surface area (Å²) >= 11 is 0. The summed E-state index contributed by atoms with van der Waals surface area (Å²) in [5.74, 6) is -1.94. The highest BCUT2D eigenvalue weighted by Crippen LogP contribution is 2.23. The lowest BCUT2D eigenvalue weighted by molar-refractivity contribution is -0.149. The lowest BCUT2D eigenvalue weighted by Crippen LogP contribution is -2.43. The van der Waals surface area contributed by atoms with E-state index >= 15 is 0 Å². The molecule has 108 valence electrons. The molecule has 0 bridgehead atoms. The summed E-state index contributed by atoms with van der Waals surface area (Å²) in [5.41, 5.74) is 0. The number of hydrogen-bond donors (Lipinski definition) is 1. The molecule has 0 aromatic carbocycles. The van der Waals surface area contributed by atoms with E-state index < -0.39 is 17.8 Å². The Balaban J connectivity index is 2.00. The van der Waals surface area contributed by atoms with E-state index in [-0.39, 0.29) is 5.91 Å². The molecule has 2 aliphatic rings. The average molecular weight is 268 g/mol. The summed E-state index contributed by atoms with van der Waals surface area (Å²) in [4.78, 5) is 27.8. The van der Waals surface area contributed by atoms with Crippen molar-refractivity contribution in [3.05, 3.63) is 0 Å². The van der Waals surface area contributed by atoms with Gasteiger partial charge in [0.1, 0.15) is 0 Å². The smallest absolute Gasteiger partial charge is 0.307 e. The van der Waals surface area contributed by atoms with Crippen LogP contribution in [0.3, 0.4) is 0 Å². The summed E-state index contributed by atoms with van der Waals surface area (Å²) in [7, 11) is 0. The predicted octanol–water partition coefficient (Wildman–Crippen LogP) is 1.04. The van der Waals surface area contributed by atoms with Gasteiger partial charge in [-0.3, -0.25) is 14.5 Å². The summed E-state index contributed by atoms with van der Waals surface area (Å²) in [6.45, 7) is 7.10. The van der Waals surface area contributed by atoms with Crippen molar-refractivity contribution in [1.29, 1.82) is 0 Å². The normalized spacial score (nSPS) is 27.5. The molecule has 5 heteroatoms. The summed E-state index contributed by atoms with van der Waals surface area (Å²) in [6.07, 6.45) is 3.37. The van der Waals surface area contributed by atoms with Gasteiger partial charge in [-0.15, -0.1) is 0 Å². The minimum Gasteiger partial charge on any atom is -0.481 e. The molecule has 0 spiro atoms. The van der Waals surface area contributed by atoms with Crippen LogP contribution in [-0.4, -0.2) is 59.0 Å². The SMILES string of the molecule is CC(C(=O)O)C(C)C(=O)N1CCCN2CCCC2C1. The molecule has 0 aromatic heterocycles. The zero-order chi connectivity index (χ0) is 14.0. The summed E-state index contributed by atoms with van der Waals surface area (Å²) in [5, 5.41) is 9.03. The van der Waals surface area contributed by atoms with Gasteiger partial charge in [0.25, 0.3) is 0 Å². The van der Waals surface area contributed by atoms with Gasteiger partial charge in [-0.2, -0.15) is 0 Å². The Morgan fingerprint density at radius 3 is 2.47 bits per heavy atom. The zero-order valence-corrected chi connectivity index (χ0v) is 11.8. The highest BCUT2D eigenvalue weighted by molar-refractivity contribution is 5.84. The number of aliphatic carboxylic acids is 1. The van der Waals surface area contributed by atoms with Crippen LogP contribution in [0.25, 0.3) is 0 Å². The topological polar surface area (TPSA) is 60.9 Å². The van der Waals surface area contributed by atoms with Crippen molar-refractivity contribution in [2.24, 2.45) is 11.8 Å². The van der Waals surface area contributed by atoms with E-state index in [1.165, 1.54) is 6.42 Å². The van der Waals surface area contributed by atoms with Crippen molar-refractivity contribution < 1.29 is 14.7 Å². The van der Waals surface area contributed by atoms with Crippen LogP contribution in [0, 0.1) is 11.8 Å². The highest BCUT2D eigenvalue weighted by atomic mass is 16.4. The number of rotatable bonds is 3. The van der Waals surface area contributed by atoms with Crippen LogP contribution >= 0.6 is 0 Å². The first-order chi connectivity index (χ1) is 9.00. The molecule has 0 radical (unpaired) electrons. The standard InChI is InChI=1S/C14H24N2O3/c1-10(11(2)14(18)19)13(17)16-8-4-7-15-6-3-5-12(15)9-16/h10-12H,3-9H2,1-2H3,(H,18,19). The zero-order valence-electron chi connectivity index (χ0n) is 11.8. The van der Waals surface area contributed by atoms with Crippen LogP contribution < -0.4 is 0 Å².